The fourth-order valence-electron chi connectivity index (χ4n) is 0.666. The third-order valence-corrected chi connectivity index (χ3v) is 1.16. The monoisotopic (exact) mass is 165 g/mol. The van der Waals surface area contributed by atoms with E-state index in [1.54, 1.807) is 19.1 Å². The van der Waals surface area contributed by atoms with Gasteiger partial charge in [0.15, 0.2) is 0 Å². The lowest BCUT2D eigenvalue weighted by atomic mass is 10.3. The fourth-order valence-corrected chi connectivity index (χ4v) is 0.666. The Morgan fingerprint density at radius 3 is 2.55 bits per heavy atom. The van der Waals surface area contributed by atoms with Crippen LogP contribution in [0.4, 0.5) is 8.78 Å². The maximum Gasteiger partial charge on any atom is 0.250 e. The maximum absolute atomic E-state index is 11.6. The first-order valence-electron chi connectivity index (χ1n) is 3.46. The number of hydrogen-bond donors (Lipinski definition) is 2. The normalized spacial score (nSPS) is 14.6. The van der Waals surface area contributed by atoms with Gasteiger partial charge in [-0.25, -0.2) is 8.78 Å². The molecule has 0 aromatic carbocycles. The smallest absolute Gasteiger partial charge is 0.250 e. The van der Waals surface area contributed by atoms with Gasteiger partial charge in [0.25, 0.3) is 6.43 Å². The molecule has 0 spiro atoms. The van der Waals surface area contributed by atoms with Gasteiger partial charge in [0, 0.05) is 6.04 Å². The van der Waals surface area contributed by atoms with Crippen LogP contribution in [0.2, 0.25) is 0 Å². The standard InChI is InChI=1S/C7H13F2NO/c1-2-3-6(5-11)10-4-7(8)9/h2-3,6-7,10-11H,4-5H2,1H3/b3-2+/t6-/m0/s1. The van der Waals surface area contributed by atoms with Gasteiger partial charge in [-0.3, -0.25) is 0 Å². The van der Waals surface area contributed by atoms with E-state index in [0.29, 0.717) is 0 Å². The van der Waals surface area contributed by atoms with Crippen LogP contribution < -0.4 is 5.32 Å². The van der Waals surface area contributed by atoms with Crippen molar-refractivity contribution in [1.29, 1.82) is 0 Å². The summed E-state index contributed by atoms with van der Waals surface area (Å²) in [5.74, 6) is 0. The van der Waals surface area contributed by atoms with E-state index in [1.165, 1.54) is 0 Å². The van der Waals surface area contributed by atoms with Crippen LogP contribution in [0.25, 0.3) is 0 Å². The van der Waals surface area contributed by atoms with Crippen LogP contribution in [-0.2, 0) is 0 Å². The van der Waals surface area contributed by atoms with Crippen LogP contribution in [0.15, 0.2) is 12.2 Å². The lowest BCUT2D eigenvalue weighted by Crippen LogP contribution is -2.34. The van der Waals surface area contributed by atoms with Crippen molar-refractivity contribution in [3.05, 3.63) is 12.2 Å². The highest BCUT2D eigenvalue weighted by atomic mass is 19.3. The Bertz CT molecular complexity index is 117. The number of alkyl halides is 2. The van der Waals surface area contributed by atoms with Gasteiger partial charge >= 0.3 is 0 Å². The summed E-state index contributed by atoms with van der Waals surface area (Å²) in [5, 5.41) is 11.1. The topological polar surface area (TPSA) is 32.3 Å². The predicted molar refractivity (Wildman–Crippen MR) is 39.7 cm³/mol. The van der Waals surface area contributed by atoms with Gasteiger partial charge in [-0.15, -0.1) is 0 Å². The van der Waals surface area contributed by atoms with Crippen molar-refractivity contribution in [2.75, 3.05) is 13.2 Å². The highest BCUT2D eigenvalue weighted by Gasteiger charge is 2.05. The van der Waals surface area contributed by atoms with E-state index in [-0.39, 0.29) is 19.2 Å². The van der Waals surface area contributed by atoms with Crippen molar-refractivity contribution in [2.24, 2.45) is 0 Å². The molecule has 66 valence electrons. The number of allylic oxidation sites excluding steroid dienone is 1. The Labute approximate surface area is 64.9 Å². The van der Waals surface area contributed by atoms with E-state index < -0.39 is 6.43 Å². The molecule has 0 aliphatic carbocycles. The molecule has 4 heteroatoms. The lowest BCUT2D eigenvalue weighted by molar-refractivity contribution is 0.138. The van der Waals surface area contributed by atoms with Crippen LogP contribution in [0.5, 0.6) is 0 Å². The van der Waals surface area contributed by atoms with Gasteiger partial charge in [-0.1, -0.05) is 12.2 Å². The number of aliphatic hydroxyl groups excluding tert-OH is 1. The van der Waals surface area contributed by atoms with Crippen LogP contribution in [-0.4, -0.2) is 30.7 Å². The average Bonchev–Trinajstić information content (AvgIpc) is 1.97. The molecule has 1 atom stereocenters. The first kappa shape index (κ1) is 10.5. The molecule has 0 heterocycles. The zero-order valence-corrected chi connectivity index (χ0v) is 6.43. The first-order chi connectivity index (χ1) is 5.20. The molecule has 0 unspecified atom stereocenters. The number of aliphatic hydroxyl groups is 1. The minimum Gasteiger partial charge on any atom is -0.394 e. The van der Waals surface area contributed by atoms with Crippen LogP contribution in [0, 0.1) is 0 Å². The summed E-state index contributed by atoms with van der Waals surface area (Å²) in [6.45, 7) is 1.24. The molecule has 0 aliphatic rings. The first-order valence-corrected chi connectivity index (χ1v) is 3.46. The Hall–Kier alpha value is -0.480. The van der Waals surface area contributed by atoms with Gasteiger partial charge in [0.05, 0.1) is 13.2 Å². The lowest BCUT2D eigenvalue weighted by Gasteiger charge is -2.10. The summed E-state index contributed by atoms with van der Waals surface area (Å²) in [6.07, 6.45) is 0.983. The second-order valence-corrected chi connectivity index (χ2v) is 2.11. The van der Waals surface area contributed by atoms with Crippen molar-refractivity contribution in [3.8, 4) is 0 Å². The summed E-state index contributed by atoms with van der Waals surface area (Å²) in [4.78, 5) is 0. The molecule has 2 nitrogen and oxygen atoms in total. The summed E-state index contributed by atoms with van der Waals surface area (Å²) >= 11 is 0. The predicted octanol–water partition coefficient (Wildman–Crippen LogP) is 0.778. The van der Waals surface area contributed by atoms with E-state index in [2.05, 4.69) is 5.32 Å². The number of nitrogens with one attached hydrogen (secondary N) is 1. The van der Waals surface area contributed by atoms with Crippen molar-refractivity contribution < 1.29 is 13.9 Å². The molecule has 0 fully saturated rings. The Morgan fingerprint density at radius 2 is 2.18 bits per heavy atom. The Kier molecular flexibility index (Phi) is 5.97. The molecule has 0 amide bonds. The molecule has 11 heavy (non-hydrogen) atoms. The second-order valence-electron chi connectivity index (χ2n) is 2.11. The molecule has 0 saturated heterocycles. The van der Waals surface area contributed by atoms with Crippen molar-refractivity contribution in [1.82, 2.24) is 5.32 Å². The molecule has 0 saturated carbocycles. The van der Waals surface area contributed by atoms with Gasteiger partial charge in [0.2, 0.25) is 0 Å². The number of hydrogen-bond acceptors (Lipinski definition) is 2. The van der Waals surface area contributed by atoms with Crippen molar-refractivity contribution in [3.63, 3.8) is 0 Å². The highest BCUT2D eigenvalue weighted by Crippen LogP contribution is 1.91. The molecule has 0 bridgehead atoms. The molecular formula is C7H13F2NO. The minimum atomic E-state index is -2.37. The van der Waals surface area contributed by atoms with E-state index in [9.17, 15) is 8.78 Å². The molecule has 0 rings (SSSR count). The zero-order valence-electron chi connectivity index (χ0n) is 6.43. The van der Waals surface area contributed by atoms with Crippen molar-refractivity contribution >= 4 is 0 Å². The second kappa shape index (κ2) is 6.24. The van der Waals surface area contributed by atoms with Gasteiger partial charge in [0.1, 0.15) is 0 Å². The van der Waals surface area contributed by atoms with Crippen LogP contribution in [0.1, 0.15) is 6.92 Å². The van der Waals surface area contributed by atoms with Gasteiger partial charge in [-0.05, 0) is 6.92 Å². The maximum atomic E-state index is 11.6. The summed E-state index contributed by atoms with van der Waals surface area (Å²) in [6, 6.07) is -0.353. The quantitative estimate of drug-likeness (QED) is 0.590. The Balaban J connectivity index is 3.52. The Morgan fingerprint density at radius 1 is 1.55 bits per heavy atom. The molecule has 0 radical (unpaired) electrons. The highest BCUT2D eigenvalue weighted by molar-refractivity contribution is 4.90. The SMILES string of the molecule is C/C=C/[C@@H](CO)NCC(F)F. The van der Waals surface area contributed by atoms with E-state index in [1.807, 2.05) is 0 Å². The average molecular weight is 165 g/mol. The molecule has 0 aliphatic heterocycles. The number of rotatable bonds is 5. The van der Waals surface area contributed by atoms with Gasteiger partial charge < -0.3 is 10.4 Å². The molecule has 0 aromatic rings. The van der Waals surface area contributed by atoms with E-state index in [4.69, 9.17) is 5.11 Å². The summed E-state index contributed by atoms with van der Waals surface area (Å²) < 4.78 is 23.2. The zero-order chi connectivity index (χ0) is 8.69. The molecule has 0 aromatic heterocycles. The van der Waals surface area contributed by atoms with E-state index >= 15 is 0 Å². The third kappa shape index (κ3) is 5.94. The summed E-state index contributed by atoms with van der Waals surface area (Å²) in [7, 11) is 0. The van der Waals surface area contributed by atoms with Crippen molar-refractivity contribution in [2.45, 2.75) is 19.4 Å². The van der Waals surface area contributed by atoms with Gasteiger partial charge in [-0.2, -0.15) is 0 Å². The van der Waals surface area contributed by atoms with Crippen LogP contribution >= 0.6 is 0 Å². The molecular weight excluding hydrogens is 152 g/mol. The number of halogens is 2. The summed E-state index contributed by atoms with van der Waals surface area (Å²) in [5.41, 5.74) is 0. The minimum absolute atomic E-state index is 0.156. The fraction of sp³-hybridized carbons (Fsp3) is 0.714. The third-order valence-electron chi connectivity index (χ3n) is 1.16. The van der Waals surface area contributed by atoms with E-state index in [0.717, 1.165) is 0 Å². The van der Waals surface area contributed by atoms with Crippen LogP contribution in [0.3, 0.4) is 0 Å². The molecule has 2 N–H and O–H groups in total. The largest absolute Gasteiger partial charge is 0.394 e.